The first-order valence-corrected chi connectivity index (χ1v) is 4.30. The zero-order valence-electron chi connectivity index (χ0n) is 7.42. The number of ether oxygens (including phenoxy) is 2. The summed E-state index contributed by atoms with van der Waals surface area (Å²) < 4.78 is 23.3. The standard InChI is InChI=1S/C10H11FO2/c1-12-10-6-8(4-5-9(10)11)13-7-2-3-7/h4-7H,2-3H2,1H3. The molecular weight excluding hydrogens is 171 g/mol. The zero-order chi connectivity index (χ0) is 9.26. The van der Waals surface area contributed by atoms with Crippen LogP contribution in [0.5, 0.6) is 11.5 Å². The van der Waals surface area contributed by atoms with Crippen LogP contribution in [0.2, 0.25) is 0 Å². The van der Waals surface area contributed by atoms with Crippen molar-refractivity contribution < 1.29 is 13.9 Å². The van der Waals surface area contributed by atoms with Crippen LogP contribution in [-0.2, 0) is 0 Å². The van der Waals surface area contributed by atoms with E-state index in [2.05, 4.69) is 0 Å². The molecule has 2 rings (SSSR count). The SMILES string of the molecule is COc1cc(OC2CC2)ccc1F. The fraction of sp³-hybridized carbons (Fsp3) is 0.400. The summed E-state index contributed by atoms with van der Waals surface area (Å²) in [7, 11) is 1.44. The van der Waals surface area contributed by atoms with Gasteiger partial charge < -0.3 is 9.47 Å². The Labute approximate surface area is 76.3 Å². The predicted octanol–water partition coefficient (Wildman–Crippen LogP) is 2.38. The summed E-state index contributed by atoms with van der Waals surface area (Å²) in [6, 6.07) is 4.56. The van der Waals surface area contributed by atoms with Crippen LogP contribution < -0.4 is 9.47 Å². The van der Waals surface area contributed by atoms with Gasteiger partial charge in [0, 0.05) is 6.07 Å². The molecule has 2 nitrogen and oxygen atoms in total. The second-order valence-corrected chi connectivity index (χ2v) is 3.11. The number of rotatable bonds is 3. The third kappa shape index (κ3) is 1.91. The van der Waals surface area contributed by atoms with Gasteiger partial charge in [-0.2, -0.15) is 0 Å². The van der Waals surface area contributed by atoms with Gasteiger partial charge in [0.1, 0.15) is 5.75 Å². The molecule has 0 spiro atoms. The van der Waals surface area contributed by atoms with Crippen molar-refractivity contribution in [3.8, 4) is 11.5 Å². The van der Waals surface area contributed by atoms with Crippen molar-refractivity contribution in [2.45, 2.75) is 18.9 Å². The minimum absolute atomic E-state index is 0.234. The highest BCUT2D eigenvalue weighted by atomic mass is 19.1. The van der Waals surface area contributed by atoms with Gasteiger partial charge in [-0.05, 0) is 25.0 Å². The minimum Gasteiger partial charge on any atom is -0.494 e. The lowest BCUT2D eigenvalue weighted by Crippen LogP contribution is -1.97. The third-order valence-corrected chi connectivity index (χ3v) is 1.95. The van der Waals surface area contributed by atoms with Crippen LogP contribution >= 0.6 is 0 Å². The maximum atomic E-state index is 12.9. The molecular formula is C10H11FO2. The van der Waals surface area contributed by atoms with E-state index in [9.17, 15) is 4.39 Å². The minimum atomic E-state index is -0.356. The molecule has 1 aliphatic rings. The summed E-state index contributed by atoms with van der Waals surface area (Å²) in [5.41, 5.74) is 0. The van der Waals surface area contributed by atoms with Crippen LogP contribution in [0.25, 0.3) is 0 Å². The highest BCUT2D eigenvalue weighted by Gasteiger charge is 2.23. The molecule has 1 fully saturated rings. The Morgan fingerprint density at radius 3 is 2.77 bits per heavy atom. The predicted molar refractivity (Wildman–Crippen MR) is 46.6 cm³/mol. The Hall–Kier alpha value is -1.25. The van der Waals surface area contributed by atoms with Gasteiger partial charge in [0.05, 0.1) is 13.2 Å². The number of halogens is 1. The van der Waals surface area contributed by atoms with E-state index >= 15 is 0 Å². The number of methoxy groups -OCH3 is 1. The van der Waals surface area contributed by atoms with Crippen molar-refractivity contribution in [2.75, 3.05) is 7.11 Å². The summed E-state index contributed by atoms with van der Waals surface area (Å²) in [5, 5.41) is 0. The van der Waals surface area contributed by atoms with E-state index in [0.29, 0.717) is 11.9 Å². The average molecular weight is 182 g/mol. The van der Waals surface area contributed by atoms with Crippen LogP contribution in [0, 0.1) is 5.82 Å². The van der Waals surface area contributed by atoms with Crippen molar-refractivity contribution in [3.05, 3.63) is 24.0 Å². The first-order chi connectivity index (χ1) is 6.29. The molecule has 0 bridgehead atoms. The van der Waals surface area contributed by atoms with Crippen LogP contribution in [0.4, 0.5) is 4.39 Å². The molecule has 0 aromatic heterocycles. The van der Waals surface area contributed by atoms with E-state index in [1.54, 1.807) is 12.1 Å². The van der Waals surface area contributed by atoms with Crippen molar-refractivity contribution in [3.63, 3.8) is 0 Å². The lowest BCUT2D eigenvalue weighted by molar-refractivity contribution is 0.299. The Morgan fingerprint density at radius 1 is 1.38 bits per heavy atom. The van der Waals surface area contributed by atoms with Gasteiger partial charge in [0.15, 0.2) is 11.6 Å². The molecule has 0 atom stereocenters. The Bertz CT molecular complexity index is 308. The maximum absolute atomic E-state index is 12.9. The lowest BCUT2D eigenvalue weighted by atomic mass is 10.3. The Morgan fingerprint density at radius 2 is 2.15 bits per heavy atom. The topological polar surface area (TPSA) is 18.5 Å². The van der Waals surface area contributed by atoms with Gasteiger partial charge in [-0.25, -0.2) is 4.39 Å². The second-order valence-electron chi connectivity index (χ2n) is 3.11. The molecule has 0 N–H and O–H groups in total. The number of benzene rings is 1. The molecule has 70 valence electrons. The van der Waals surface area contributed by atoms with Crippen LogP contribution in [-0.4, -0.2) is 13.2 Å². The van der Waals surface area contributed by atoms with Crippen molar-refractivity contribution in [1.29, 1.82) is 0 Å². The van der Waals surface area contributed by atoms with Crippen LogP contribution in [0.3, 0.4) is 0 Å². The van der Waals surface area contributed by atoms with Gasteiger partial charge in [-0.15, -0.1) is 0 Å². The van der Waals surface area contributed by atoms with Gasteiger partial charge >= 0.3 is 0 Å². The fourth-order valence-corrected chi connectivity index (χ4v) is 1.09. The molecule has 0 aliphatic heterocycles. The number of hydrogen-bond donors (Lipinski definition) is 0. The van der Waals surface area contributed by atoms with E-state index in [1.807, 2.05) is 0 Å². The molecule has 1 aromatic rings. The summed E-state index contributed by atoms with van der Waals surface area (Å²) in [5.74, 6) is 0.560. The molecule has 0 radical (unpaired) electrons. The number of hydrogen-bond acceptors (Lipinski definition) is 2. The van der Waals surface area contributed by atoms with E-state index < -0.39 is 0 Å². The highest BCUT2D eigenvalue weighted by molar-refractivity contribution is 5.34. The lowest BCUT2D eigenvalue weighted by Gasteiger charge is -2.06. The highest BCUT2D eigenvalue weighted by Crippen LogP contribution is 2.29. The molecule has 3 heteroatoms. The molecule has 0 saturated heterocycles. The van der Waals surface area contributed by atoms with Crippen molar-refractivity contribution in [1.82, 2.24) is 0 Å². The van der Waals surface area contributed by atoms with Crippen LogP contribution in [0.15, 0.2) is 18.2 Å². The van der Waals surface area contributed by atoms with Gasteiger partial charge in [-0.1, -0.05) is 0 Å². The fourth-order valence-electron chi connectivity index (χ4n) is 1.09. The van der Waals surface area contributed by atoms with Crippen molar-refractivity contribution >= 4 is 0 Å². The molecule has 0 amide bonds. The van der Waals surface area contributed by atoms with Gasteiger partial charge in [-0.3, -0.25) is 0 Å². The van der Waals surface area contributed by atoms with Crippen LogP contribution in [0.1, 0.15) is 12.8 Å². The average Bonchev–Trinajstić information content (AvgIpc) is 2.92. The molecule has 0 unspecified atom stereocenters. The summed E-state index contributed by atoms with van der Waals surface area (Å²) in [6.07, 6.45) is 2.52. The summed E-state index contributed by atoms with van der Waals surface area (Å²) in [6.45, 7) is 0. The maximum Gasteiger partial charge on any atom is 0.165 e. The molecule has 0 heterocycles. The zero-order valence-corrected chi connectivity index (χ0v) is 7.42. The van der Waals surface area contributed by atoms with Gasteiger partial charge in [0.2, 0.25) is 0 Å². The van der Waals surface area contributed by atoms with E-state index in [1.165, 1.54) is 13.2 Å². The largest absolute Gasteiger partial charge is 0.494 e. The van der Waals surface area contributed by atoms with E-state index in [0.717, 1.165) is 12.8 Å². The normalized spacial score (nSPS) is 15.5. The molecule has 1 aromatic carbocycles. The Kier molecular flexibility index (Phi) is 2.08. The molecule has 1 saturated carbocycles. The van der Waals surface area contributed by atoms with Crippen molar-refractivity contribution in [2.24, 2.45) is 0 Å². The smallest absolute Gasteiger partial charge is 0.165 e. The molecule has 13 heavy (non-hydrogen) atoms. The third-order valence-electron chi connectivity index (χ3n) is 1.95. The summed E-state index contributed by atoms with van der Waals surface area (Å²) >= 11 is 0. The quantitative estimate of drug-likeness (QED) is 0.714. The Balaban J connectivity index is 2.16. The molecule has 1 aliphatic carbocycles. The first kappa shape index (κ1) is 8.35. The first-order valence-electron chi connectivity index (χ1n) is 4.30. The summed E-state index contributed by atoms with van der Waals surface area (Å²) in [4.78, 5) is 0. The monoisotopic (exact) mass is 182 g/mol. The second kappa shape index (κ2) is 3.24. The van der Waals surface area contributed by atoms with E-state index in [-0.39, 0.29) is 11.6 Å². The van der Waals surface area contributed by atoms with E-state index in [4.69, 9.17) is 9.47 Å². The van der Waals surface area contributed by atoms with Gasteiger partial charge in [0.25, 0.3) is 0 Å².